The van der Waals surface area contributed by atoms with Crippen LogP contribution < -0.4 is 0 Å². The van der Waals surface area contributed by atoms with Crippen LogP contribution in [-0.4, -0.2) is 54.8 Å². The molecule has 0 aromatic rings. The lowest BCUT2D eigenvalue weighted by molar-refractivity contribution is -0.188. The SMILES string of the molecule is CON(C)C(=O)C1C2CC1CN(C(=O)OC(C)(C)C)C2. The fourth-order valence-corrected chi connectivity index (χ4v) is 3.07. The largest absolute Gasteiger partial charge is 0.444 e. The van der Waals surface area contributed by atoms with E-state index in [2.05, 4.69) is 0 Å². The van der Waals surface area contributed by atoms with Gasteiger partial charge in [-0.1, -0.05) is 0 Å². The predicted octanol–water partition coefficient (Wildman–Crippen LogP) is 1.51. The van der Waals surface area contributed by atoms with Crippen molar-refractivity contribution in [3.63, 3.8) is 0 Å². The summed E-state index contributed by atoms with van der Waals surface area (Å²) in [6.45, 7) is 6.76. The van der Waals surface area contributed by atoms with Crippen LogP contribution in [0.2, 0.25) is 0 Å². The first-order valence-corrected chi connectivity index (χ1v) is 7.02. The van der Waals surface area contributed by atoms with E-state index in [4.69, 9.17) is 9.57 Å². The second-order valence-corrected chi connectivity index (χ2v) is 6.69. The second kappa shape index (κ2) is 5.24. The third kappa shape index (κ3) is 2.90. The summed E-state index contributed by atoms with van der Waals surface area (Å²) in [5.41, 5.74) is -0.482. The van der Waals surface area contributed by atoms with Crippen LogP contribution in [0.15, 0.2) is 0 Å². The number of hydroxylamine groups is 2. The third-order valence-electron chi connectivity index (χ3n) is 4.05. The molecule has 6 heteroatoms. The van der Waals surface area contributed by atoms with Crippen LogP contribution in [0.3, 0.4) is 0 Å². The molecule has 0 spiro atoms. The Labute approximate surface area is 119 Å². The Morgan fingerprint density at radius 1 is 1.20 bits per heavy atom. The van der Waals surface area contributed by atoms with Gasteiger partial charge in [-0.05, 0) is 39.0 Å². The van der Waals surface area contributed by atoms with Gasteiger partial charge in [0.15, 0.2) is 0 Å². The molecular weight excluding hydrogens is 260 g/mol. The zero-order valence-corrected chi connectivity index (χ0v) is 12.9. The molecule has 0 aromatic carbocycles. The summed E-state index contributed by atoms with van der Waals surface area (Å²) in [4.78, 5) is 30.8. The van der Waals surface area contributed by atoms with E-state index in [1.54, 1.807) is 11.9 Å². The highest BCUT2D eigenvalue weighted by Gasteiger charge is 2.52. The van der Waals surface area contributed by atoms with Crippen molar-refractivity contribution in [2.24, 2.45) is 17.8 Å². The highest BCUT2D eigenvalue weighted by Crippen LogP contribution is 2.46. The standard InChI is InChI=1S/C14H24N2O4/c1-14(2,3)20-13(18)16-7-9-6-10(8-16)11(9)12(17)15(4)19-5/h9-11H,6-8H2,1-5H3. The Balaban J connectivity index is 1.92. The summed E-state index contributed by atoms with van der Waals surface area (Å²) in [6, 6.07) is 0. The maximum atomic E-state index is 12.1. The Kier molecular flexibility index (Phi) is 3.95. The average Bonchev–Trinajstić information content (AvgIpc) is 2.35. The zero-order valence-electron chi connectivity index (χ0n) is 12.9. The van der Waals surface area contributed by atoms with Crippen molar-refractivity contribution in [1.82, 2.24) is 9.96 Å². The van der Waals surface area contributed by atoms with Gasteiger partial charge in [0.25, 0.3) is 0 Å². The number of hydrogen-bond acceptors (Lipinski definition) is 4. The number of amides is 2. The van der Waals surface area contributed by atoms with Crippen molar-refractivity contribution >= 4 is 12.0 Å². The van der Waals surface area contributed by atoms with Gasteiger partial charge in [0, 0.05) is 26.1 Å². The minimum absolute atomic E-state index is 0.0117. The van der Waals surface area contributed by atoms with E-state index in [0.717, 1.165) is 6.42 Å². The third-order valence-corrected chi connectivity index (χ3v) is 4.05. The van der Waals surface area contributed by atoms with Gasteiger partial charge in [0.1, 0.15) is 5.60 Å². The van der Waals surface area contributed by atoms with Crippen LogP contribution in [0.4, 0.5) is 4.79 Å². The van der Waals surface area contributed by atoms with Crippen LogP contribution in [-0.2, 0) is 14.4 Å². The topological polar surface area (TPSA) is 59.1 Å². The first-order chi connectivity index (χ1) is 9.23. The Hall–Kier alpha value is -1.30. The monoisotopic (exact) mass is 284 g/mol. The fourth-order valence-electron chi connectivity index (χ4n) is 3.07. The van der Waals surface area contributed by atoms with Crippen LogP contribution in [0.5, 0.6) is 0 Å². The van der Waals surface area contributed by atoms with Crippen LogP contribution in [0, 0.1) is 17.8 Å². The molecule has 3 fully saturated rings. The second-order valence-electron chi connectivity index (χ2n) is 6.69. The molecule has 2 atom stereocenters. The van der Waals surface area contributed by atoms with E-state index in [1.165, 1.54) is 12.2 Å². The van der Waals surface area contributed by atoms with Crippen LogP contribution in [0.25, 0.3) is 0 Å². The molecule has 2 heterocycles. The van der Waals surface area contributed by atoms with Gasteiger partial charge in [0.05, 0.1) is 7.11 Å². The molecular formula is C14H24N2O4. The van der Waals surface area contributed by atoms with Gasteiger partial charge in [-0.15, -0.1) is 0 Å². The molecule has 3 rings (SSSR count). The van der Waals surface area contributed by atoms with E-state index in [0.29, 0.717) is 13.1 Å². The summed E-state index contributed by atoms with van der Waals surface area (Å²) in [7, 11) is 3.11. The quantitative estimate of drug-likeness (QED) is 0.721. The number of ether oxygens (including phenoxy) is 1. The summed E-state index contributed by atoms with van der Waals surface area (Å²) in [5.74, 6) is 0.453. The molecule has 2 unspecified atom stereocenters. The average molecular weight is 284 g/mol. The molecule has 114 valence electrons. The summed E-state index contributed by atoms with van der Waals surface area (Å²) < 4.78 is 5.38. The van der Waals surface area contributed by atoms with E-state index in [9.17, 15) is 9.59 Å². The van der Waals surface area contributed by atoms with Crippen molar-refractivity contribution in [3.8, 4) is 0 Å². The molecule has 0 N–H and O–H groups in total. The highest BCUT2D eigenvalue weighted by atomic mass is 16.7. The number of rotatable bonds is 2. The molecule has 2 aliphatic heterocycles. The minimum Gasteiger partial charge on any atom is -0.444 e. The van der Waals surface area contributed by atoms with Crippen LogP contribution in [0.1, 0.15) is 27.2 Å². The van der Waals surface area contributed by atoms with Gasteiger partial charge < -0.3 is 9.64 Å². The Bertz CT molecular complexity index is 392. The van der Waals surface area contributed by atoms with E-state index in [1.807, 2.05) is 20.8 Å². The number of nitrogens with zero attached hydrogens (tertiary/aromatic N) is 2. The van der Waals surface area contributed by atoms with Crippen molar-refractivity contribution in [2.45, 2.75) is 32.8 Å². The maximum absolute atomic E-state index is 12.1. The predicted molar refractivity (Wildman–Crippen MR) is 72.7 cm³/mol. The van der Waals surface area contributed by atoms with Gasteiger partial charge in [-0.25, -0.2) is 9.86 Å². The van der Waals surface area contributed by atoms with Gasteiger partial charge in [-0.3, -0.25) is 9.63 Å². The number of hydrogen-bond donors (Lipinski definition) is 0. The van der Waals surface area contributed by atoms with Crippen molar-refractivity contribution in [2.75, 3.05) is 27.2 Å². The van der Waals surface area contributed by atoms with E-state index < -0.39 is 5.60 Å². The molecule has 0 radical (unpaired) electrons. The van der Waals surface area contributed by atoms with E-state index in [-0.39, 0.29) is 29.8 Å². The fraction of sp³-hybridized carbons (Fsp3) is 0.857. The van der Waals surface area contributed by atoms with Gasteiger partial charge >= 0.3 is 6.09 Å². The minimum atomic E-state index is -0.482. The lowest BCUT2D eigenvalue weighted by Gasteiger charge is -2.52. The molecule has 2 bridgehead atoms. The first-order valence-electron chi connectivity index (χ1n) is 7.02. The van der Waals surface area contributed by atoms with Gasteiger partial charge in [0.2, 0.25) is 5.91 Å². The molecule has 0 aromatic heterocycles. The zero-order chi connectivity index (χ0) is 15.1. The molecule has 2 saturated heterocycles. The molecule has 1 aliphatic carbocycles. The lowest BCUT2D eigenvalue weighted by atomic mass is 9.61. The van der Waals surface area contributed by atoms with Crippen LogP contribution >= 0.6 is 0 Å². The molecule has 20 heavy (non-hydrogen) atoms. The maximum Gasteiger partial charge on any atom is 0.410 e. The van der Waals surface area contributed by atoms with Crippen molar-refractivity contribution in [1.29, 1.82) is 0 Å². The number of carbonyl (C=O) groups is 2. The molecule has 6 nitrogen and oxygen atoms in total. The molecule has 1 saturated carbocycles. The Morgan fingerprint density at radius 2 is 1.75 bits per heavy atom. The summed E-state index contributed by atoms with van der Waals surface area (Å²) >= 11 is 0. The molecule has 2 amide bonds. The van der Waals surface area contributed by atoms with Crippen molar-refractivity contribution in [3.05, 3.63) is 0 Å². The summed E-state index contributed by atoms with van der Waals surface area (Å²) in [5, 5.41) is 1.28. The lowest BCUT2D eigenvalue weighted by Crippen LogP contribution is -2.61. The smallest absolute Gasteiger partial charge is 0.410 e. The first kappa shape index (κ1) is 15.1. The number of carbonyl (C=O) groups excluding carboxylic acids is 2. The van der Waals surface area contributed by atoms with Gasteiger partial charge in [-0.2, -0.15) is 0 Å². The number of fused-ring (bicyclic) bond motifs is 2. The summed E-state index contributed by atoms with van der Waals surface area (Å²) in [6.07, 6.45) is 0.728. The van der Waals surface area contributed by atoms with Crippen molar-refractivity contribution < 1.29 is 19.2 Å². The van der Waals surface area contributed by atoms with E-state index >= 15 is 0 Å². The highest BCUT2D eigenvalue weighted by molar-refractivity contribution is 5.80. The Morgan fingerprint density at radius 3 is 2.20 bits per heavy atom. The number of piperidine rings is 2. The normalized spacial score (nSPS) is 28.6. The molecule has 3 aliphatic rings.